The fourth-order valence-corrected chi connectivity index (χ4v) is 9.31. The van der Waals surface area contributed by atoms with Crippen molar-refractivity contribution in [2.24, 2.45) is 23.7 Å². The normalized spacial score (nSPS) is 25.8. The monoisotopic (exact) mass is 816 g/mol. The molecule has 13 nitrogen and oxygen atoms in total. The number of hydrazine groups is 1. The molecule has 18 heteroatoms. The molecular formula is C38H33Cl2F3N4O9. The van der Waals surface area contributed by atoms with Gasteiger partial charge < -0.3 is 19.7 Å². The van der Waals surface area contributed by atoms with Crippen LogP contribution in [0.15, 0.2) is 60.3 Å². The summed E-state index contributed by atoms with van der Waals surface area (Å²) >= 11 is 12.6. The minimum Gasteiger partial charge on any atom is -0.508 e. The summed E-state index contributed by atoms with van der Waals surface area (Å²) in [5.41, 5.74) is 0.539. The van der Waals surface area contributed by atoms with E-state index in [-0.39, 0.29) is 55.0 Å². The number of carbonyl (C=O) groups is 5. The Morgan fingerprint density at radius 1 is 1.00 bits per heavy atom. The number of nitrogens with one attached hydrogen (secondary N) is 1. The largest absolute Gasteiger partial charge is 0.508 e. The molecule has 4 aliphatic rings. The number of rotatable bonds is 10. The molecule has 7 rings (SSSR count). The maximum atomic E-state index is 15.4. The summed E-state index contributed by atoms with van der Waals surface area (Å²) in [6.45, 7) is -0.129. The number of alkyl halides is 3. The first-order valence-electron chi connectivity index (χ1n) is 17.4. The zero-order valence-corrected chi connectivity index (χ0v) is 31.1. The van der Waals surface area contributed by atoms with Crippen LogP contribution >= 0.6 is 23.2 Å². The third kappa shape index (κ3) is 6.09. The summed E-state index contributed by atoms with van der Waals surface area (Å²) in [5.74, 6) is -9.54. The second kappa shape index (κ2) is 14.3. The average Bonchev–Trinajstić information content (AvgIpc) is 3.52. The average molecular weight is 818 g/mol. The molecule has 1 aromatic heterocycles. The lowest BCUT2D eigenvalue weighted by atomic mass is 9.49. The van der Waals surface area contributed by atoms with Crippen LogP contribution in [0.5, 0.6) is 17.2 Å². The number of pyridine rings is 1. The maximum absolute atomic E-state index is 15.4. The Morgan fingerprint density at radius 3 is 2.25 bits per heavy atom. The molecule has 0 bridgehead atoms. The minimum atomic E-state index is -4.79. The number of benzene rings is 2. The van der Waals surface area contributed by atoms with Crippen LogP contribution < -0.4 is 14.9 Å². The van der Waals surface area contributed by atoms with Gasteiger partial charge in [0, 0.05) is 47.8 Å². The third-order valence-corrected chi connectivity index (χ3v) is 11.8. The van der Waals surface area contributed by atoms with Crippen LogP contribution in [0.2, 0.25) is 10.0 Å². The van der Waals surface area contributed by atoms with Crippen molar-refractivity contribution in [3.05, 3.63) is 87.0 Å². The van der Waals surface area contributed by atoms with Crippen LogP contribution in [0.1, 0.15) is 48.3 Å². The summed E-state index contributed by atoms with van der Waals surface area (Å²) in [6, 6.07) is 9.40. The number of carboxylic acid groups (broad SMARTS) is 1. The van der Waals surface area contributed by atoms with E-state index in [1.54, 1.807) is 18.2 Å². The number of allylic oxidation sites excluding steroid dienone is 2. The van der Waals surface area contributed by atoms with Gasteiger partial charge in [-0.2, -0.15) is 18.2 Å². The molecule has 3 heterocycles. The zero-order valence-electron chi connectivity index (χ0n) is 29.6. The number of aromatic nitrogens is 1. The number of phenolic OH excluding ortho intramolecular Hbond substituents is 1. The number of ether oxygens (including phenoxy) is 2. The van der Waals surface area contributed by atoms with Crippen molar-refractivity contribution in [1.29, 1.82) is 0 Å². The molecule has 3 aromatic rings. The van der Waals surface area contributed by atoms with E-state index in [9.17, 15) is 42.6 Å². The van der Waals surface area contributed by atoms with Crippen molar-refractivity contribution in [3.63, 3.8) is 0 Å². The number of carbonyl (C=O) groups excluding carboxylic acids is 4. The molecule has 1 saturated carbocycles. The van der Waals surface area contributed by atoms with Gasteiger partial charge in [-0.05, 0) is 48.9 Å². The second-order valence-corrected chi connectivity index (χ2v) is 14.9. The number of likely N-dealkylation sites (tertiary alicyclic amines) is 1. The number of hydrogen-bond donors (Lipinski definition) is 3. The molecule has 2 aromatic carbocycles. The summed E-state index contributed by atoms with van der Waals surface area (Å²) in [7, 11) is 2.66. The Balaban J connectivity index is 1.45. The topological polar surface area (TPSA) is 176 Å². The first-order chi connectivity index (χ1) is 26.5. The minimum absolute atomic E-state index is 0.0260. The number of imide groups is 2. The number of anilines is 1. The molecule has 6 atom stereocenters. The Morgan fingerprint density at radius 2 is 1.66 bits per heavy atom. The molecule has 3 N–H and O–H groups in total. The lowest BCUT2D eigenvalue weighted by Gasteiger charge is -2.51. The smallest absolute Gasteiger partial charge is 0.417 e. The molecule has 4 amide bonds. The highest BCUT2D eigenvalue weighted by Gasteiger charge is 2.71. The standard InChI is InChI=1S/C38H33Cl2F3N4O9/c1-55-26-13-20(48)14-27(56-2)30(26)31-21-9-10-22-29(35(53)46(33(22)51)11-3-4-28(49)50)23(21)15-24-34(52)47(36(54)37(24,31)17-5-7-19(39)8-6-17)45-32-25(40)12-18(16-44-32)38(41,42)43/h5-9,12-14,16,22-24,29,31,48H,3-4,10-11,15H2,1-2H3,(H,44,45)(H,49,50)/t22-,23+,24-,29-,31+,37+/m0/s1. The molecule has 2 aliphatic heterocycles. The fraction of sp³-hybridized carbons (Fsp3) is 0.368. The van der Waals surface area contributed by atoms with Crippen molar-refractivity contribution in [2.45, 2.75) is 43.2 Å². The zero-order chi connectivity index (χ0) is 40.4. The highest BCUT2D eigenvalue weighted by atomic mass is 35.5. The van der Waals surface area contributed by atoms with Gasteiger partial charge in [0.05, 0.1) is 48.0 Å². The molecular weight excluding hydrogens is 784 g/mol. The summed E-state index contributed by atoms with van der Waals surface area (Å²) in [4.78, 5) is 74.4. The van der Waals surface area contributed by atoms with Crippen LogP contribution in [0.4, 0.5) is 19.0 Å². The Labute approximate surface area is 326 Å². The van der Waals surface area contributed by atoms with Crippen LogP contribution in [-0.2, 0) is 35.6 Å². The van der Waals surface area contributed by atoms with Crippen LogP contribution in [0.3, 0.4) is 0 Å². The molecule has 2 aliphatic carbocycles. The molecule has 56 heavy (non-hydrogen) atoms. The molecule has 0 radical (unpaired) electrons. The maximum Gasteiger partial charge on any atom is 0.417 e. The molecule has 3 fully saturated rings. The quantitative estimate of drug-likeness (QED) is 0.162. The first-order valence-corrected chi connectivity index (χ1v) is 18.2. The molecule has 0 spiro atoms. The van der Waals surface area contributed by atoms with E-state index in [1.165, 1.54) is 38.5 Å². The summed E-state index contributed by atoms with van der Waals surface area (Å²) in [6.07, 6.45) is -2.85. The lowest BCUT2D eigenvalue weighted by molar-refractivity contribution is -0.142. The molecule has 2 saturated heterocycles. The fourth-order valence-electron chi connectivity index (χ4n) is 8.98. The first kappa shape index (κ1) is 38.9. The van der Waals surface area contributed by atoms with E-state index < -0.39 is 87.2 Å². The van der Waals surface area contributed by atoms with E-state index >= 15 is 4.79 Å². The van der Waals surface area contributed by atoms with Crippen molar-refractivity contribution in [1.82, 2.24) is 14.9 Å². The van der Waals surface area contributed by atoms with E-state index in [1.807, 2.05) is 0 Å². The van der Waals surface area contributed by atoms with Gasteiger partial charge in [0.2, 0.25) is 11.8 Å². The Bertz CT molecular complexity index is 2180. The predicted molar refractivity (Wildman–Crippen MR) is 192 cm³/mol. The van der Waals surface area contributed by atoms with Gasteiger partial charge in [0.1, 0.15) is 17.2 Å². The summed E-state index contributed by atoms with van der Waals surface area (Å²) < 4.78 is 52.1. The molecule has 0 unspecified atom stereocenters. The van der Waals surface area contributed by atoms with E-state index in [4.69, 9.17) is 32.7 Å². The van der Waals surface area contributed by atoms with Crippen molar-refractivity contribution in [2.75, 3.05) is 26.2 Å². The van der Waals surface area contributed by atoms with Gasteiger partial charge in [-0.3, -0.25) is 34.3 Å². The number of phenols is 1. The Hall–Kier alpha value is -5.35. The van der Waals surface area contributed by atoms with Gasteiger partial charge in [-0.15, -0.1) is 0 Å². The van der Waals surface area contributed by atoms with Crippen LogP contribution in [0, 0.1) is 23.7 Å². The van der Waals surface area contributed by atoms with Crippen LogP contribution in [0.25, 0.3) is 0 Å². The molecule has 294 valence electrons. The van der Waals surface area contributed by atoms with Gasteiger partial charge in [-0.25, -0.2) is 4.98 Å². The summed E-state index contributed by atoms with van der Waals surface area (Å²) in [5, 5.41) is 20.3. The van der Waals surface area contributed by atoms with E-state index in [0.717, 1.165) is 4.90 Å². The number of fused-ring (bicyclic) bond motifs is 4. The second-order valence-electron chi connectivity index (χ2n) is 14.0. The number of aliphatic carboxylic acids is 1. The predicted octanol–water partition coefficient (Wildman–Crippen LogP) is 5.98. The van der Waals surface area contributed by atoms with Gasteiger partial charge in [0.25, 0.3) is 11.8 Å². The Kier molecular flexibility index (Phi) is 9.94. The van der Waals surface area contributed by atoms with Crippen molar-refractivity contribution < 1.29 is 56.8 Å². The lowest BCUT2D eigenvalue weighted by Crippen LogP contribution is -2.53. The SMILES string of the molecule is COc1cc(O)cc(OC)c1[C@H]1C2=CC[C@@H]3C(=O)N(CCCC(=O)O)C(=O)[C@@H]3[C@@H]2C[C@H]2C(=O)N(Nc3ncc(C(F)(F)F)cc3Cl)C(=O)[C@@]12c1ccc(Cl)cc1. The highest BCUT2D eigenvalue weighted by Crippen LogP contribution is 2.66. The number of hydrogen-bond acceptors (Lipinski definition) is 10. The number of halogens is 5. The number of amides is 4. The number of methoxy groups -OCH3 is 2. The van der Waals surface area contributed by atoms with E-state index in [0.29, 0.717) is 33.4 Å². The van der Waals surface area contributed by atoms with Crippen molar-refractivity contribution in [3.8, 4) is 17.2 Å². The van der Waals surface area contributed by atoms with Gasteiger partial charge in [0.15, 0.2) is 5.82 Å². The van der Waals surface area contributed by atoms with E-state index in [2.05, 4.69) is 10.4 Å². The third-order valence-electron chi connectivity index (χ3n) is 11.2. The van der Waals surface area contributed by atoms with Crippen LogP contribution in [-0.4, -0.2) is 75.5 Å². The van der Waals surface area contributed by atoms with Gasteiger partial charge >= 0.3 is 12.1 Å². The highest BCUT2D eigenvalue weighted by molar-refractivity contribution is 6.33. The number of nitrogens with zero attached hydrogens (tertiary/aromatic N) is 3. The van der Waals surface area contributed by atoms with Gasteiger partial charge in [-0.1, -0.05) is 47.0 Å². The van der Waals surface area contributed by atoms with Crippen molar-refractivity contribution >= 4 is 58.6 Å². The number of carboxylic acids is 1. The number of aromatic hydroxyl groups is 1.